The van der Waals surface area contributed by atoms with E-state index < -0.39 is 0 Å². The van der Waals surface area contributed by atoms with Crippen LogP contribution in [0.2, 0.25) is 0 Å². The van der Waals surface area contributed by atoms with E-state index >= 15 is 0 Å². The highest BCUT2D eigenvalue weighted by Crippen LogP contribution is 2.28. The van der Waals surface area contributed by atoms with Gasteiger partial charge >= 0.3 is 0 Å². The number of nitrogens with zero attached hydrogens (tertiary/aromatic N) is 1. The number of hydrogen-bond donors (Lipinski definition) is 0. The summed E-state index contributed by atoms with van der Waals surface area (Å²) in [7, 11) is 0. The predicted molar refractivity (Wildman–Crippen MR) is 105 cm³/mol. The van der Waals surface area contributed by atoms with Crippen molar-refractivity contribution in [3.8, 4) is 23.3 Å². The minimum absolute atomic E-state index is 0.448. The van der Waals surface area contributed by atoms with Crippen molar-refractivity contribution in [3.05, 3.63) is 23.8 Å². The number of benzene rings is 1. The Labute approximate surface area is 162 Å². The van der Waals surface area contributed by atoms with Gasteiger partial charge < -0.3 is 23.7 Å². The molecule has 2 rings (SSSR count). The van der Waals surface area contributed by atoms with Crippen LogP contribution >= 0.6 is 0 Å². The van der Waals surface area contributed by atoms with Crippen LogP contribution in [0.4, 0.5) is 0 Å². The molecule has 6 heteroatoms. The van der Waals surface area contributed by atoms with E-state index in [1.165, 1.54) is 0 Å². The van der Waals surface area contributed by atoms with Gasteiger partial charge in [0.25, 0.3) is 0 Å². The van der Waals surface area contributed by atoms with Crippen LogP contribution in [0, 0.1) is 11.8 Å². The molecule has 1 heterocycles. The maximum atomic E-state index is 5.86. The van der Waals surface area contributed by atoms with Crippen molar-refractivity contribution in [3.63, 3.8) is 0 Å². The fourth-order valence-corrected chi connectivity index (χ4v) is 2.48. The first-order valence-corrected chi connectivity index (χ1v) is 9.67. The first-order valence-electron chi connectivity index (χ1n) is 9.67. The van der Waals surface area contributed by atoms with Crippen LogP contribution in [-0.4, -0.2) is 77.4 Å². The Bertz CT molecular complexity index is 592. The molecule has 0 spiro atoms. The Balaban J connectivity index is 2.01. The molecule has 150 valence electrons. The first kappa shape index (κ1) is 21.5. The lowest BCUT2D eigenvalue weighted by molar-refractivity contribution is 0.00708. The molecule has 0 saturated heterocycles. The van der Waals surface area contributed by atoms with Crippen molar-refractivity contribution in [2.45, 2.75) is 13.8 Å². The quantitative estimate of drug-likeness (QED) is 0.753. The average molecular weight is 377 g/mol. The molecule has 6 nitrogen and oxygen atoms in total. The third kappa shape index (κ3) is 8.63. The number of rotatable bonds is 3. The first-order chi connectivity index (χ1) is 13.3. The highest BCUT2D eigenvalue weighted by atomic mass is 16.6. The maximum absolute atomic E-state index is 5.86. The fourth-order valence-electron chi connectivity index (χ4n) is 2.48. The van der Waals surface area contributed by atoms with Gasteiger partial charge in [-0.05, 0) is 31.3 Å². The summed E-state index contributed by atoms with van der Waals surface area (Å²) in [5.74, 6) is 7.80. The van der Waals surface area contributed by atoms with Gasteiger partial charge in [0.05, 0.1) is 46.2 Å². The van der Waals surface area contributed by atoms with Gasteiger partial charge in [-0.3, -0.25) is 4.90 Å². The molecule has 0 radical (unpaired) electrons. The summed E-state index contributed by atoms with van der Waals surface area (Å²) < 4.78 is 28.1. The fraction of sp³-hybridized carbons (Fsp3) is 0.619. The topological polar surface area (TPSA) is 49.4 Å². The molecule has 0 saturated carbocycles. The van der Waals surface area contributed by atoms with Crippen LogP contribution in [0.25, 0.3) is 0 Å². The molecule has 0 unspecified atom stereocenters. The monoisotopic (exact) mass is 377 g/mol. The lowest BCUT2D eigenvalue weighted by Crippen LogP contribution is -2.22. The second-order valence-corrected chi connectivity index (χ2v) is 5.96. The van der Waals surface area contributed by atoms with Gasteiger partial charge in [0.2, 0.25) is 0 Å². The van der Waals surface area contributed by atoms with Crippen LogP contribution in [-0.2, 0) is 14.2 Å². The summed E-state index contributed by atoms with van der Waals surface area (Å²) in [6.45, 7) is 11.2. The van der Waals surface area contributed by atoms with Gasteiger partial charge in [0.1, 0.15) is 13.2 Å². The zero-order valence-corrected chi connectivity index (χ0v) is 16.5. The van der Waals surface area contributed by atoms with Crippen LogP contribution in [0.5, 0.6) is 11.5 Å². The summed E-state index contributed by atoms with van der Waals surface area (Å²) in [5.41, 5.74) is 0.910. The average Bonchev–Trinajstić information content (AvgIpc) is 2.70. The van der Waals surface area contributed by atoms with Crippen molar-refractivity contribution in [2.75, 3.05) is 72.5 Å². The third-order valence-corrected chi connectivity index (χ3v) is 4.09. The van der Waals surface area contributed by atoms with E-state index in [9.17, 15) is 0 Å². The van der Waals surface area contributed by atoms with Crippen molar-refractivity contribution < 1.29 is 23.7 Å². The molecule has 1 aromatic carbocycles. The van der Waals surface area contributed by atoms with Crippen LogP contribution in [0.1, 0.15) is 19.4 Å². The van der Waals surface area contributed by atoms with Gasteiger partial charge in [-0.15, -0.1) is 0 Å². The standard InChI is InChI=1S/C21H31NO5/c1-3-22(4-2)9-5-6-19-7-8-20-21(18-19)27-17-15-25-13-11-23-10-12-24-14-16-26-20/h7-8,18H,3-4,9-17H2,1-2H3. The van der Waals surface area contributed by atoms with Crippen molar-refractivity contribution in [1.82, 2.24) is 4.90 Å². The minimum Gasteiger partial charge on any atom is -0.487 e. The lowest BCUT2D eigenvalue weighted by atomic mass is 10.2. The normalized spacial score (nSPS) is 16.7. The molecule has 0 amide bonds. The molecule has 27 heavy (non-hydrogen) atoms. The Morgan fingerprint density at radius 3 is 1.93 bits per heavy atom. The minimum atomic E-state index is 0.448. The number of ether oxygens (including phenoxy) is 5. The molecule has 0 aromatic heterocycles. The van der Waals surface area contributed by atoms with E-state index in [0.29, 0.717) is 64.4 Å². The Hall–Kier alpha value is -1.78. The molecule has 1 aliphatic heterocycles. The molecule has 1 aliphatic rings. The lowest BCUT2D eigenvalue weighted by Gasteiger charge is -2.14. The van der Waals surface area contributed by atoms with Crippen molar-refractivity contribution in [2.24, 2.45) is 0 Å². The molecule has 0 fully saturated rings. The van der Waals surface area contributed by atoms with Gasteiger partial charge in [0, 0.05) is 5.56 Å². The van der Waals surface area contributed by atoms with Crippen molar-refractivity contribution in [1.29, 1.82) is 0 Å². The van der Waals surface area contributed by atoms with Crippen LogP contribution in [0.3, 0.4) is 0 Å². The second-order valence-electron chi connectivity index (χ2n) is 5.96. The highest BCUT2D eigenvalue weighted by Gasteiger charge is 2.07. The van der Waals surface area contributed by atoms with Crippen molar-refractivity contribution >= 4 is 0 Å². The summed E-state index contributed by atoms with van der Waals surface area (Å²) in [6.07, 6.45) is 0. The highest BCUT2D eigenvalue weighted by molar-refractivity contribution is 5.48. The Morgan fingerprint density at radius 1 is 0.778 bits per heavy atom. The number of hydrogen-bond acceptors (Lipinski definition) is 6. The molecule has 1 aromatic rings. The predicted octanol–water partition coefficient (Wildman–Crippen LogP) is 2.20. The van der Waals surface area contributed by atoms with Gasteiger partial charge in [-0.25, -0.2) is 0 Å². The SMILES string of the molecule is CCN(CC)CC#Cc1ccc2c(c1)OCCOCCOCCOCCO2. The van der Waals surface area contributed by atoms with Gasteiger partial charge in [0.15, 0.2) is 11.5 Å². The summed E-state index contributed by atoms with van der Waals surface area (Å²) in [6, 6.07) is 5.78. The van der Waals surface area contributed by atoms with Crippen LogP contribution < -0.4 is 9.47 Å². The smallest absolute Gasteiger partial charge is 0.162 e. The number of fused-ring (bicyclic) bond motifs is 1. The summed E-state index contributed by atoms with van der Waals surface area (Å²) >= 11 is 0. The van der Waals surface area contributed by atoms with E-state index in [4.69, 9.17) is 23.7 Å². The molecule has 0 bridgehead atoms. The molecule has 0 atom stereocenters. The van der Waals surface area contributed by atoms with E-state index in [-0.39, 0.29) is 0 Å². The third-order valence-electron chi connectivity index (χ3n) is 4.09. The molecule has 0 N–H and O–H groups in total. The largest absolute Gasteiger partial charge is 0.487 e. The molecular weight excluding hydrogens is 346 g/mol. The summed E-state index contributed by atoms with van der Waals surface area (Å²) in [4.78, 5) is 2.27. The van der Waals surface area contributed by atoms with Gasteiger partial charge in [-0.1, -0.05) is 25.7 Å². The Kier molecular flexibility index (Phi) is 10.7. The summed E-state index contributed by atoms with van der Waals surface area (Å²) in [5, 5.41) is 0. The van der Waals surface area contributed by atoms with E-state index in [2.05, 4.69) is 30.6 Å². The van der Waals surface area contributed by atoms with E-state index in [1.807, 2.05) is 18.2 Å². The zero-order chi connectivity index (χ0) is 19.2. The second kappa shape index (κ2) is 13.4. The van der Waals surface area contributed by atoms with E-state index in [0.717, 1.165) is 25.2 Å². The van der Waals surface area contributed by atoms with Gasteiger partial charge in [-0.2, -0.15) is 0 Å². The molecule has 0 aliphatic carbocycles. The Morgan fingerprint density at radius 2 is 1.33 bits per heavy atom. The molecular formula is C21H31NO5. The maximum Gasteiger partial charge on any atom is 0.162 e. The zero-order valence-electron chi connectivity index (χ0n) is 16.5. The van der Waals surface area contributed by atoms with Crippen LogP contribution in [0.15, 0.2) is 18.2 Å². The van der Waals surface area contributed by atoms with E-state index in [1.54, 1.807) is 0 Å².